The van der Waals surface area contributed by atoms with E-state index in [0.717, 1.165) is 26.1 Å². The van der Waals surface area contributed by atoms with Crippen LogP contribution in [0.25, 0.3) is 0 Å². The number of hydrogen-bond acceptors (Lipinski definition) is 3. The molecule has 16 heavy (non-hydrogen) atoms. The van der Waals surface area contributed by atoms with E-state index in [0.29, 0.717) is 5.41 Å². The van der Waals surface area contributed by atoms with Gasteiger partial charge in [-0.2, -0.15) is 11.3 Å². The molecule has 0 aromatic carbocycles. The van der Waals surface area contributed by atoms with Crippen molar-refractivity contribution in [1.29, 1.82) is 0 Å². The van der Waals surface area contributed by atoms with E-state index in [9.17, 15) is 0 Å². The molecule has 92 valence electrons. The van der Waals surface area contributed by atoms with Gasteiger partial charge in [-0.1, -0.05) is 13.8 Å². The third kappa shape index (κ3) is 5.64. The van der Waals surface area contributed by atoms with Crippen LogP contribution in [-0.2, 0) is 6.42 Å². The van der Waals surface area contributed by atoms with Crippen LogP contribution in [0.4, 0.5) is 0 Å². The Hall–Kier alpha value is -0.380. The minimum absolute atomic E-state index is 0.345. The van der Waals surface area contributed by atoms with Gasteiger partial charge in [-0.25, -0.2) is 0 Å². The summed E-state index contributed by atoms with van der Waals surface area (Å²) in [5, 5.41) is 7.92. The highest BCUT2D eigenvalue weighted by molar-refractivity contribution is 7.07. The van der Waals surface area contributed by atoms with Crippen LogP contribution < -0.4 is 5.32 Å². The van der Waals surface area contributed by atoms with Crippen LogP contribution in [0.1, 0.15) is 19.4 Å². The molecule has 0 spiro atoms. The van der Waals surface area contributed by atoms with Gasteiger partial charge in [-0.3, -0.25) is 0 Å². The molecule has 1 aromatic rings. The minimum atomic E-state index is 0.345. The Labute approximate surface area is 104 Å². The molecule has 0 fully saturated rings. The lowest BCUT2D eigenvalue weighted by molar-refractivity contribution is 0.233. The van der Waals surface area contributed by atoms with E-state index in [1.165, 1.54) is 5.56 Å². The molecule has 0 radical (unpaired) electrons. The first kappa shape index (κ1) is 13.7. The molecule has 2 nitrogen and oxygen atoms in total. The van der Waals surface area contributed by atoms with Gasteiger partial charge in [-0.15, -0.1) is 0 Å². The third-order valence-electron chi connectivity index (χ3n) is 2.52. The predicted octanol–water partition coefficient (Wildman–Crippen LogP) is 2.47. The van der Waals surface area contributed by atoms with Gasteiger partial charge in [0.1, 0.15) is 0 Å². The number of hydrogen-bond donors (Lipinski definition) is 1. The van der Waals surface area contributed by atoms with Crippen LogP contribution in [0.2, 0.25) is 0 Å². The zero-order valence-corrected chi connectivity index (χ0v) is 11.7. The quantitative estimate of drug-likeness (QED) is 0.737. The molecule has 1 N–H and O–H groups in total. The van der Waals surface area contributed by atoms with E-state index in [4.69, 9.17) is 0 Å². The molecule has 0 aliphatic rings. The Balaban J connectivity index is 2.15. The molecule has 0 saturated carbocycles. The van der Waals surface area contributed by atoms with Crippen LogP contribution in [0.5, 0.6) is 0 Å². The third-order valence-corrected chi connectivity index (χ3v) is 3.25. The predicted molar refractivity (Wildman–Crippen MR) is 73.2 cm³/mol. The highest BCUT2D eigenvalue weighted by Gasteiger charge is 2.17. The van der Waals surface area contributed by atoms with E-state index in [1.807, 2.05) is 0 Å². The average molecular weight is 240 g/mol. The van der Waals surface area contributed by atoms with Gasteiger partial charge >= 0.3 is 0 Å². The van der Waals surface area contributed by atoms with Crippen LogP contribution in [-0.4, -0.2) is 38.6 Å². The van der Waals surface area contributed by atoms with Crippen molar-refractivity contribution < 1.29 is 0 Å². The molecule has 0 unspecified atom stereocenters. The SMILES string of the molecule is CN(C)CC(C)(C)CNCCc1ccsc1. The molecular formula is C13H24N2S. The molecule has 0 saturated heterocycles. The monoisotopic (exact) mass is 240 g/mol. The highest BCUT2D eigenvalue weighted by atomic mass is 32.1. The molecule has 0 aliphatic carbocycles. The maximum Gasteiger partial charge on any atom is 0.00387 e. The molecule has 1 rings (SSSR count). The van der Waals surface area contributed by atoms with Gasteiger partial charge in [0.15, 0.2) is 0 Å². The molecular weight excluding hydrogens is 216 g/mol. The fourth-order valence-corrected chi connectivity index (χ4v) is 2.71. The maximum absolute atomic E-state index is 3.55. The Morgan fingerprint density at radius 1 is 1.38 bits per heavy atom. The Bertz CT molecular complexity index is 278. The summed E-state index contributed by atoms with van der Waals surface area (Å²) in [5.74, 6) is 0. The molecule has 0 amide bonds. The van der Waals surface area contributed by atoms with E-state index in [2.05, 4.69) is 55.0 Å². The summed E-state index contributed by atoms with van der Waals surface area (Å²) in [6.07, 6.45) is 1.14. The lowest BCUT2D eigenvalue weighted by atomic mass is 9.93. The van der Waals surface area contributed by atoms with E-state index < -0.39 is 0 Å². The second kappa shape index (κ2) is 6.38. The van der Waals surface area contributed by atoms with Gasteiger partial charge in [0.05, 0.1) is 0 Å². The highest BCUT2D eigenvalue weighted by Crippen LogP contribution is 2.14. The van der Waals surface area contributed by atoms with Crippen molar-refractivity contribution in [2.45, 2.75) is 20.3 Å². The molecule has 3 heteroatoms. The topological polar surface area (TPSA) is 15.3 Å². The zero-order valence-electron chi connectivity index (χ0n) is 10.9. The minimum Gasteiger partial charge on any atom is -0.316 e. The standard InChI is InChI=1S/C13H24N2S/c1-13(2,11-15(3)4)10-14-7-5-12-6-8-16-9-12/h6,8-9,14H,5,7,10-11H2,1-4H3. The van der Waals surface area contributed by atoms with Crippen molar-refractivity contribution in [3.8, 4) is 0 Å². The van der Waals surface area contributed by atoms with Crippen molar-refractivity contribution in [3.63, 3.8) is 0 Å². The van der Waals surface area contributed by atoms with E-state index >= 15 is 0 Å². The van der Waals surface area contributed by atoms with Gasteiger partial charge < -0.3 is 10.2 Å². The zero-order chi connectivity index (χ0) is 12.0. The molecule has 0 bridgehead atoms. The molecule has 0 atom stereocenters. The smallest absolute Gasteiger partial charge is 0.00387 e. The average Bonchev–Trinajstić information content (AvgIpc) is 2.62. The van der Waals surface area contributed by atoms with E-state index in [1.54, 1.807) is 11.3 Å². The summed E-state index contributed by atoms with van der Waals surface area (Å²) < 4.78 is 0. The summed E-state index contributed by atoms with van der Waals surface area (Å²) in [7, 11) is 4.26. The van der Waals surface area contributed by atoms with Crippen LogP contribution in [0.3, 0.4) is 0 Å². The van der Waals surface area contributed by atoms with Gasteiger partial charge in [0.25, 0.3) is 0 Å². The number of nitrogens with zero attached hydrogens (tertiary/aromatic N) is 1. The van der Waals surface area contributed by atoms with Crippen LogP contribution >= 0.6 is 11.3 Å². The largest absolute Gasteiger partial charge is 0.316 e. The van der Waals surface area contributed by atoms with Crippen molar-refractivity contribution >= 4 is 11.3 Å². The second-order valence-electron chi connectivity index (χ2n) is 5.46. The fraction of sp³-hybridized carbons (Fsp3) is 0.692. The van der Waals surface area contributed by atoms with Gasteiger partial charge in [-0.05, 0) is 54.9 Å². The van der Waals surface area contributed by atoms with Gasteiger partial charge in [0.2, 0.25) is 0 Å². The molecule has 1 heterocycles. The van der Waals surface area contributed by atoms with Crippen molar-refractivity contribution in [2.24, 2.45) is 5.41 Å². The maximum atomic E-state index is 3.55. The summed E-state index contributed by atoms with van der Waals surface area (Å²) in [4.78, 5) is 2.25. The van der Waals surface area contributed by atoms with Crippen molar-refractivity contribution in [1.82, 2.24) is 10.2 Å². The Morgan fingerprint density at radius 2 is 2.12 bits per heavy atom. The first-order valence-corrected chi connectivity index (χ1v) is 6.80. The fourth-order valence-electron chi connectivity index (χ4n) is 2.01. The Morgan fingerprint density at radius 3 is 2.69 bits per heavy atom. The first-order valence-electron chi connectivity index (χ1n) is 5.86. The first-order chi connectivity index (χ1) is 7.49. The summed E-state index contributed by atoms with van der Waals surface area (Å²) in [5.41, 5.74) is 1.79. The van der Waals surface area contributed by atoms with Gasteiger partial charge in [0, 0.05) is 13.1 Å². The molecule has 0 aliphatic heterocycles. The van der Waals surface area contributed by atoms with Crippen molar-refractivity contribution in [2.75, 3.05) is 33.7 Å². The lowest BCUT2D eigenvalue weighted by Crippen LogP contribution is -2.38. The number of thiophene rings is 1. The molecule has 1 aromatic heterocycles. The normalized spacial score (nSPS) is 12.3. The van der Waals surface area contributed by atoms with E-state index in [-0.39, 0.29) is 0 Å². The number of rotatable bonds is 7. The Kier molecular flexibility index (Phi) is 5.46. The summed E-state index contributed by atoms with van der Waals surface area (Å²) in [6.45, 7) is 7.90. The lowest BCUT2D eigenvalue weighted by Gasteiger charge is -2.28. The number of nitrogens with one attached hydrogen (secondary N) is 1. The van der Waals surface area contributed by atoms with Crippen LogP contribution in [0, 0.1) is 5.41 Å². The van der Waals surface area contributed by atoms with Crippen molar-refractivity contribution in [3.05, 3.63) is 22.4 Å². The second-order valence-corrected chi connectivity index (χ2v) is 6.24. The van der Waals surface area contributed by atoms with Crippen LogP contribution in [0.15, 0.2) is 16.8 Å². The summed E-state index contributed by atoms with van der Waals surface area (Å²) >= 11 is 1.78. The summed E-state index contributed by atoms with van der Waals surface area (Å²) in [6, 6.07) is 2.21.